The molecule has 2 aromatic rings. The molecule has 5 heteroatoms. The van der Waals surface area contributed by atoms with Gasteiger partial charge >= 0.3 is 0 Å². The largest absolute Gasteiger partial charge is 0.353 e. The molecule has 1 aliphatic heterocycles. The summed E-state index contributed by atoms with van der Waals surface area (Å²) in [6.07, 6.45) is 1.85. The number of piperazine rings is 1. The Morgan fingerprint density at radius 2 is 1.85 bits per heavy atom. The van der Waals surface area contributed by atoms with Gasteiger partial charge in [0.15, 0.2) is 0 Å². The quantitative estimate of drug-likeness (QED) is 0.851. The molecule has 0 spiro atoms. The molecule has 2 heterocycles. The smallest absolute Gasteiger partial charge is 0.147 e. The average Bonchev–Trinajstić information content (AvgIpc) is 2.47. The fraction of sp³-hybridized carbons (Fsp3) is 0.467. The van der Waals surface area contributed by atoms with Gasteiger partial charge in [0.05, 0.1) is 17.2 Å². The van der Waals surface area contributed by atoms with Gasteiger partial charge in [-0.25, -0.2) is 4.98 Å². The molecule has 4 nitrogen and oxygen atoms in total. The highest BCUT2D eigenvalue weighted by atomic mass is 35.5. The number of halogens is 1. The second-order valence-electron chi connectivity index (χ2n) is 5.48. The van der Waals surface area contributed by atoms with E-state index in [0.717, 1.165) is 43.0 Å². The summed E-state index contributed by atoms with van der Waals surface area (Å²) in [5.41, 5.74) is 1.75. The van der Waals surface area contributed by atoms with Crippen molar-refractivity contribution in [3.63, 3.8) is 0 Å². The Kier molecular flexibility index (Phi) is 3.76. The van der Waals surface area contributed by atoms with Crippen LogP contribution in [0.4, 0.5) is 5.82 Å². The number of nitrogens with zero attached hydrogens (tertiary/aromatic N) is 4. The molecule has 0 N–H and O–H groups in total. The number of hydrogen-bond donors (Lipinski definition) is 0. The minimum absolute atomic E-state index is 0.613. The summed E-state index contributed by atoms with van der Waals surface area (Å²) in [5.74, 6) is 0.961. The maximum Gasteiger partial charge on any atom is 0.147 e. The van der Waals surface area contributed by atoms with Crippen molar-refractivity contribution < 1.29 is 0 Å². The minimum Gasteiger partial charge on any atom is -0.353 e. The fourth-order valence-corrected chi connectivity index (χ4v) is 2.76. The molecule has 0 radical (unpaired) electrons. The first kappa shape index (κ1) is 13.6. The van der Waals surface area contributed by atoms with Crippen LogP contribution in [-0.2, 0) is 0 Å². The number of rotatable bonds is 2. The molecule has 0 saturated carbocycles. The lowest BCUT2D eigenvalue weighted by Crippen LogP contribution is -2.49. The second-order valence-corrected chi connectivity index (χ2v) is 5.91. The Balaban J connectivity index is 1.79. The van der Waals surface area contributed by atoms with Gasteiger partial charge in [-0.1, -0.05) is 11.6 Å². The zero-order chi connectivity index (χ0) is 14.1. The molecule has 1 aliphatic rings. The Hall–Kier alpha value is -1.39. The summed E-state index contributed by atoms with van der Waals surface area (Å²) >= 11 is 5.97. The third-order valence-corrected chi connectivity index (χ3v) is 4.10. The highest BCUT2D eigenvalue weighted by molar-refractivity contribution is 6.31. The van der Waals surface area contributed by atoms with Crippen molar-refractivity contribution in [1.29, 1.82) is 0 Å². The van der Waals surface area contributed by atoms with E-state index in [1.807, 2.05) is 24.4 Å². The Morgan fingerprint density at radius 3 is 2.55 bits per heavy atom. The van der Waals surface area contributed by atoms with Gasteiger partial charge in [0.2, 0.25) is 0 Å². The van der Waals surface area contributed by atoms with Crippen molar-refractivity contribution >= 4 is 28.5 Å². The maximum atomic E-state index is 5.97. The highest BCUT2D eigenvalue weighted by Gasteiger charge is 2.20. The van der Waals surface area contributed by atoms with Gasteiger partial charge in [0.25, 0.3) is 0 Å². The van der Waals surface area contributed by atoms with E-state index in [-0.39, 0.29) is 0 Å². The van der Waals surface area contributed by atoms with Gasteiger partial charge in [0, 0.05) is 37.2 Å². The van der Waals surface area contributed by atoms with Crippen molar-refractivity contribution in [2.45, 2.75) is 19.9 Å². The number of fused-ring (bicyclic) bond motifs is 1. The first-order valence-electron chi connectivity index (χ1n) is 7.05. The summed E-state index contributed by atoms with van der Waals surface area (Å²) in [5, 5.41) is 0.699. The lowest BCUT2D eigenvalue weighted by atomic mass is 10.2. The lowest BCUT2D eigenvalue weighted by Gasteiger charge is -2.37. The molecule has 0 unspecified atom stereocenters. The van der Waals surface area contributed by atoms with Crippen LogP contribution >= 0.6 is 11.6 Å². The monoisotopic (exact) mass is 290 g/mol. The Morgan fingerprint density at radius 1 is 1.10 bits per heavy atom. The summed E-state index contributed by atoms with van der Waals surface area (Å²) in [4.78, 5) is 14.0. The Bertz CT molecular complexity index is 606. The first-order chi connectivity index (χ1) is 9.63. The normalized spacial score (nSPS) is 17.1. The predicted molar refractivity (Wildman–Crippen MR) is 83.5 cm³/mol. The van der Waals surface area contributed by atoms with E-state index in [4.69, 9.17) is 16.6 Å². The zero-order valence-corrected chi connectivity index (χ0v) is 12.6. The molecule has 20 heavy (non-hydrogen) atoms. The van der Waals surface area contributed by atoms with Crippen molar-refractivity contribution in [2.24, 2.45) is 0 Å². The average molecular weight is 291 g/mol. The van der Waals surface area contributed by atoms with Gasteiger partial charge in [-0.05, 0) is 32.0 Å². The third-order valence-electron chi connectivity index (χ3n) is 3.86. The van der Waals surface area contributed by atoms with Crippen LogP contribution in [0.15, 0.2) is 24.4 Å². The van der Waals surface area contributed by atoms with Crippen molar-refractivity contribution in [1.82, 2.24) is 14.9 Å². The van der Waals surface area contributed by atoms with Crippen molar-refractivity contribution in [3.8, 4) is 0 Å². The van der Waals surface area contributed by atoms with Crippen LogP contribution in [-0.4, -0.2) is 47.1 Å². The van der Waals surface area contributed by atoms with Crippen molar-refractivity contribution in [2.75, 3.05) is 31.1 Å². The van der Waals surface area contributed by atoms with E-state index in [1.165, 1.54) is 0 Å². The predicted octanol–water partition coefficient (Wildman–Crippen LogP) is 2.81. The second kappa shape index (κ2) is 5.54. The van der Waals surface area contributed by atoms with Crippen LogP contribution in [0.1, 0.15) is 13.8 Å². The minimum atomic E-state index is 0.613. The summed E-state index contributed by atoms with van der Waals surface area (Å²) in [6.45, 7) is 8.67. The molecule has 1 aromatic heterocycles. The molecule has 0 atom stereocenters. The molecule has 1 fully saturated rings. The fourth-order valence-electron chi connectivity index (χ4n) is 2.59. The first-order valence-corrected chi connectivity index (χ1v) is 7.42. The molecule has 0 amide bonds. The highest BCUT2D eigenvalue weighted by Crippen LogP contribution is 2.20. The molecule has 0 bridgehead atoms. The molecule has 3 rings (SSSR count). The van der Waals surface area contributed by atoms with Gasteiger partial charge in [0.1, 0.15) is 5.82 Å². The van der Waals surface area contributed by atoms with E-state index in [2.05, 4.69) is 28.6 Å². The number of benzene rings is 1. The van der Waals surface area contributed by atoms with E-state index in [9.17, 15) is 0 Å². The molecular weight excluding hydrogens is 272 g/mol. The molecule has 1 saturated heterocycles. The van der Waals surface area contributed by atoms with Crippen LogP contribution in [0, 0.1) is 0 Å². The van der Waals surface area contributed by atoms with Gasteiger partial charge in [-0.3, -0.25) is 9.88 Å². The topological polar surface area (TPSA) is 32.3 Å². The molecule has 106 valence electrons. The SMILES string of the molecule is CC(C)N1CCN(c2cnc3cc(Cl)ccc3n2)CC1. The van der Waals surface area contributed by atoms with E-state index in [1.54, 1.807) is 0 Å². The molecule has 1 aromatic carbocycles. The number of hydrogen-bond acceptors (Lipinski definition) is 4. The van der Waals surface area contributed by atoms with Crippen LogP contribution in [0.5, 0.6) is 0 Å². The lowest BCUT2D eigenvalue weighted by molar-refractivity contribution is 0.209. The number of anilines is 1. The van der Waals surface area contributed by atoms with Crippen LogP contribution in [0.3, 0.4) is 0 Å². The standard InChI is InChI=1S/C15H19ClN4/c1-11(2)19-5-7-20(8-6-19)15-10-17-14-9-12(16)3-4-13(14)18-15/h3-4,9-11H,5-8H2,1-2H3. The third kappa shape index (κ3) is 2.72. The van der Waals surface area contributed by atoms with E-state index < -0.39 is 0 Å². The van der Waals surface area contributed by atoms with Gasteiger partial charge in [-0.15, -0.1) is 0 Å². The molecular formula is C15H19ClN4. The maximum absolute atomic E-state index is 5.97. The van der Waals surface area contributed by atoms with Crippen LogP contribution in [0.2, 0.25) is 5.02 Å². The summed E-state index contributed by atoms with van der Waals surface area (Å²) in [7, 11) is 0. The Labute approximate surface area is 124 Å². The van der Waals surface area contributed by atoms with Gasteiger partial charge < -0.3 is 4.90 Å². The summed E-state index contributed by atoms with van der Waals surface area (Å²) in [6, 6.07) is 6.25. The van der Waals surface area contributed by atoms with E-state index >= 15 is 0 Å². The van der Waals surface area contributed by atoms with Crippen molar-refractivity contribution in [3.05, 3.63) is 29.4 Å². The van der Waals surface area contributed by atoms with Gasteiger partial charge in [-0.2, -0.15) is 0 Å². The van der Waals surface area contributed by atoms with E-state index in [0.29, 0.717) is 11.1 Å². The van der Waals surface area contributed by atoms with Crippen LogP contribution in [0.25, 0.3) is 11.0 Å². The van der Waals surface area contributed by atoms with Crippen LogP contribution < -0.4 is 4.90 Å². The summed E-state index contributed by atoms with van der Waals surface area (Å²) < 4.78 is 0. The molecule has 0 aliphatic carbocycles. The number of aromatic nitrogens is 2. The zero-order valence-electron chi connectivity index (χ0n) is 11.9.